The number of ether oxygens (including phenoxy) is 1. The van der Waals surface area contributed by atoms with Crippen LogP contribution in [0.15, 0.2) is 6.20 Å². The summed E-state index contributed by atoms with van der Waals surface area (Å²) in [6.07, 6.45) is 1.38. The summed E-state index contributed by atoms with van der Waals surface area (Å²) in [7, 11) is -3.37. The van der Waals surface area contributed by atoms with E-state index in [0.717, 1.165) is 0 Å². The first-order valence-corrected chi connectivity index (χ1v) is 9.13. The number of phosphoric ester groups is 1. The van der Waals surface area contributed by atoms with Crippen LogP contribution in [-0.2, 0) is 25.2 Å². The van der Waals surface area contributed by atoms with Crippen molar-refractivity contribution in [1.82, 2.24) is 10.3 Å². The molecule has 24 heavy (non-hydrogen) atoms. The predicted molar refractivity (Wildman–Crippen MR) is 87.4 cm³/mol. The summed E-state index contributed by atoms with van der Waals surface area (Å²) >= 11 is 1.37. The van der Waals surface area contributed by atoms with E-state index in [1.165, 1.54) is 25.1 Å². The number of aromatic nitrogens is 1. The average molecular weight is 387 g/mol. The van der Waals surface area contributed by atoms with Crippen molar-refractivity contribution in [1.29, 1.82) is 0 Å². The van der Waals surface area contributed by atoms with Crippen molar-refractivity contribution in [3.63, 3.8) is 0 Å². The van der Waals surface area contributed by atoms with Gasteiger partial charge in [0.15, 0.2) is 0 Å². The Balaban J connectivity index is 0.00000288. The van der Waals surface area contributed by atoms with Crippen molar-refractivity contribution in [2.45, 2.75) is 24.9 Å². The first kappa shape index (κ1) is 21.9. The van der Waals surface area contributed by atoms with Crippen LogP contribution in [0.2, 0.25) is 0 Å². The van der Waals surface area contributed by atoms with Crippen LogP contribution in [0.25, 0.3) is 0 Å². The average Bonchev–Trinajstić information content (AvgIpc) is 2.96. The number of phosphoric acid groups is 1. The molecular weight excluding hydrogens is 370 g/mol. The quantitative estimate of drug-likeness (QED) is 0.315. The van der Waals surface area contributed by atoms with Gasteiger partial charge >= 0.3 is 13.8 Å². The summed E-state index contributed by atoms with van der Waals surface area (Å²) in [6.45, 7) is 1.19. The Morgan fingerprint density at radius 2 is 2.21 bits per heavy atom. The maximum absolute atomic E-state index is 11.6. The Labute approximate surface area is 165 Å². The van der Waals surface area contributed by atoms with Gasteiger partial charge < -0.3 is 19.6 Å². The normalized spacial score (nSPS) is 20.5. The number of aryl methyl sites for hydroxylation is 1. The van der Waals surface area contributed by atoms with Crippen molar-refractivity contribution < 1.29 is 33.5 Å². The number of methoxy groups -OCH3 is 1. The molecule has 1 aromatic rings. The zero-order valence-electron chi connectivity index (χ0n) is 13.4. The first-order chi connectivity index (χ1) is 10.7. The topological polar surface area (TPSA) is 138 Å². The molecule has 0 spiro atoms. The number of nitrogens with zero attached hydrogens (tertiary/aromatic N) is 1. The molecule has 1 aliphatic heterocycles. The van der Waals surface area contributed by atoms with E-state index in [1.807, 2.05) is 0 Å². The van der Waals surface area contributed by atoms with Crippen LogP contribution in [0.4, 0.5) is 0 Å². The zero-order valence-corrected chi connectivity index (χ0v) is 17.1. The molecular formula is C12H17N2NaO7PS. The zero-order chi connectivity index (χ0) is 17.2. The number of hydrogen-bond acceptors (Lipinski definition) is 8. The summed E-state index contributed by atoms with van der Waals surface area (Å²) in [5, 5.41) is 12.8. The Hall–Kier alpha value is -0.160. The number of carbonyl (C=O) groups excluding carboxylic acids is 1. The molecule has 2 unspecified atom stereocenters. The molecule has 1 aliphatic rings. The van der Waals surface area contributed by atoms with Gasteiger partial charge in [-0.25, -0.2) is 4.57 Å². The summed E-state index contributed by atoms with van der Waals surface area (Å²) in [5.74, 6) is -0.0812. The van der Waals surface area contributed by atoms with Crippen LogP contribution in [0, 0.1) is 6.92 Å². The van der Waals surface area contributed by atoms with Crippen LogP contribution < -0.4 is 5.32 Å². The number of rotatable bonds is 5. The summed E-state index contributed by atoms with van der Waals surface area (Å²) in [5.41, 5.74) is 1.08. The van der Waals surface area contributed by atoms with E-state index in [-0.39, 0.29) is 35.3 Å². The number of pyridine rings is 1. The smallest absolute Gasteiger partial charge is 0.469 e. The first-order valence-electron chi connectivity index (χ1n) is 6.56. The minimum Gasteiger partial charge on any atom is -0.506 e. The number of hydrogen-bond donors (Lipinski definition) is 4. The van der Waals surface area contributed by atoms with Gasteiger partial charge in [0, 0.05) is 52.6 Å². The van der Waals surface area contributed by atoms with Crippen LogP contribution in [-0.4, -0.2) is 74.3 Å². The molecule has 2 rings (SSSR count). The molecule has 129 valence electrons. The number of aromatic hydroxyl groups is 1. The van der Waals surface area contributed by atoms with E-state index in [0.29, 0.717) is 22.6 Å². The largest absolute Gasteiger partial charge is 0.506 e. The molecule has 0 saturated carbocycles. The second kappa shape index (κ2) is 8.98. The van der Waals surface area contributed by atoms with Crippen molar-refractivity contribution in [2.24, 2.45) is 0 Å². The molecule has 4 N–H and O–H groups in total. The molecule has 1 aromatic heterocycles. The van der Waals surface area contributed by atoms with E-state index in [4.69, 9.17) is 9.79 Å². The Kier molecular flexibility index (Phi) is 8.18. The third kappa shape index (κ3) is 5.42. The second-order valence-electron chi connectivity index (χ2n) is 4.85. The fourth-order valence-corrected chi connectivity index (χ4v) is 3.74. The van der Waals surface area contributed by atoms with Gasteiger partial charge in [-0.05, 0) is 6.92 Å². The van der Waals surface area contributed by atoms with Gasteiger partial charge in [0.2, 0.25) is 0 Å². The van der Waals surface area contributed by atoms with Crippen molar-refractivity contribution in [3.05, 3.63) is 23.0 Å². The van der Waals surface area contributed by atoms with E-state index in [9.17, 15) is 14.5 Å². The van der Waals surface area contributed by atoms with E-state index >= 15 is 0 Å². The number of carbonyl (C=O) groups is 1. The van der Waals surface area contributed by atoms with E-state index in [1.54, 1.807) is 6.92 Å². The third-order valence-electron chi connectivity index (χ3n) is 3.28. The van der Waals surface area contributed by atoms with Crippen LogP contribution in [0.1, 0.15) is 22.2 Å². The van der Waals surface area contributed by atoms with Gasteiger partial charge in [-0.2, -0.15) is 0 Å². The molecule has 0 amide bonds. The number of nitrogens with one attached hydrogen (secondary N) is 1. The Bertz CT molecular complexity index is 657. The van der Waals surface area contributed by atoms with Gasteiger partial charge in [-0.15, -0.1) is 11.8 Å². The molecule has 0 aromatic carbocycles. The predicted octanol–water partition coefficient (Wildman–Crippen LogP) is 0.201. The monoisotopic (exact) mass is 387 g/mol. The van der Waals surface area contributed by atoms with E-state index in [2.05, 4.69) is 19.6 Å². The van der Waals surface area contributed by atoms with Crippen molar-refractivity contribution >= 4 is 55.1 Å². The molecule has 0 aliphatic carbocycles. The third-order valence-corrected chi connectivity index (χ3v) is 4.97. The maximum atomic E-state index is 11.6. The molecule has 0 bridgehead atoms. The van der Waals surface area contributed by atoms with Gasteiger partial charge in [0.25, 0.3) is 0 Å². The molecule has 1 saturated heterocycles. The minimum absolute atomic E-state index is 0. The molecule has 2 heterocycles. The van der Waals surface area contributed by atoms with Crippen molar-refractivity contribution in [3.8, 4) is 5.75 Å². The standard InChI is InChI=1S/C12H17N2O7PS.Na/c1-6-10(15)9(7(3-13-6)4-21-22(17,18)19)11-14-8(5-23-11)12(16)20-2;/h3,8,11,14-15H,4-5H2,1-2H3,(H2,17,18,19);. The Morgan fingerprint density at radius 3 is 2.79 bits per heavy atom. The SMILES string of the molecule is COC(=O)C1CSC(c2c(COP(=O)(O)O)cnc(C)c2O)N1.[Na]. The molecule has 12 heteroatoms. The van der Waals surface area contributed by atoms with Gasteiger partial charge in [-0.1, -0.05) is 0 Å². The minimum atomic E-state index is -4.65. The van der Waals surface area contributed by atoms with Crippen LogP contribution >= 0.6 is 19.6 Å². The van der Waals surface area contributed by atoms with E-state index < -0.39 is 31.8 Å². The van der Waals surface area contributed by atoms with Gasteiger partial charge in [0.05, 0.1) is 24.8 Å². The van der Waals surface area contributed by atoms with Crippen LogP contribution in [0.3, 0.4) is 0 Å². The summed E-state index contributed by atoms with van der Waals surface area (Å²) in [6, 6.07) is -0.529. The summed E-state index contributed by atoms with van der Waals surface area (Å²) < 4.78 is 20.0. The molecule has 1 radical (unpaired) electrons. The molecule has 2 atom stereocenters. The van der Waals surface area contributed by atoms with Gasteiger partial charge in [-0.3, -0.25) is 19.6 Å². The number of thioether (sulfide) groups is 1. The summed E-state index contributed by atoms with van der Waals surface area (Å²) in [4.78, 5) is 33.2. The fourth-order valence-electron chi connectivity index (χ4n) is 2.13. The maximum Gasteiger partial charge on any atom is 0.469 e. The fraction of sp³-hybridized carbons (Fsp3) is 0.500. The van der Waals surface area contributed by atoms with Crippen molar-refractivity contribution in [2.75, 3.05) is 12.9 Å². The van der Waals surface area contributed by atoms with Gasteiger partial charge in [0.1, 0.15) is 11.8 Å². The second-order valence-corrected chi connectivity index (χ2v) is 7.23. The number of esters is 1. The van der Waals surface area contributed by atoms with Crippen LogP contribution in [0.5, 0.6) is 5.75 Å². The molecule has 9 nitrogen and oxygen atoms in total. The Morgan fingerprint density at radius 1 is 1.54 bits per heavy atom. The molecule has 1 fully saturated rings.